The largest absolute Gasteiger partial charge is 0.481 e. The van der Waals surface area contributed by atoms with Crippen LogP contribution in [0.25, 0.3) is 10.9 Å². The third-order valence-electron chi connectivity index (χ3n) is 5.14. The standard InChI is InChI=1S/C23H25F2N3O4/c1-3-4-17(19(30)12-29)28-23(31)18-10-14(9-13-5-8-20(32-2)26-11-13)21-15(24)6-7-16(25)22(21)27-18/h5-8,10-11,17,19,29-30H,3-4,9,12H2,1-2H3,(H,28,31)/t17-,19-/m0/s1. The smallest absolute Gasteiger partial charge is 0.270 e. The van der Waals surface area contributed by atoms with Crippen LogP contribution >= 0.6 is 0 Å². The van der Waals surface area contributed by atoms with Gasteiger partial charge in [-0.1, -0.05) is 19.4 Å². The Morgan fingerprint density at radius 2 is 1.97 bits per heavy atom. The van der Waals surface area contributed by atoms with Crippen LogP contribution < -0.4 is 10.1 Å². The van der Waals surface area contributed by atoms with Crippen molar-refractivity contribution in [2.75, 3.05) is 13.7 Å². The number of aliphatic hydroxyl groups excluding tert-OH is 2. The van der Waals surface area contributed by atoms with E-state index in [-0.39, 0.29) is 23.0 Å². The molecule has 170 valence electrons. The van der Waals surface area contributed by atoms with Crippen LogP contribution in [-0.4, -0.2) is 52.0 Å². The number of methoxy groups -OCH3 is 1. The van der Waals surface area contributed by atoms with E-state index >= 15 is 0 Å². The highest BCUT2D eigenvalue weighted by Gasteiger charge is 2.23. The summed E-state index contributed by atoms with van der Waals surface area (Å²) in [5.74, 6) is -1.66. The lowest BCUT2D eigenvalue weighted by atomic mass is 10.00. The Morgan fingerprint density at radius 1 is 1.22 bits per heavy atom. The molecule has 32 heavy (non-hydrogen) atoms. The topological polar surface area (TPSA) is 105 Å². The van der Waals surface area contributed by atoms with Gasteiger partial charge in [-0.2, -0.15) is 0 Å². The molecule has 3 aromatic rings. The fraction of sp³-hybridized carbons (Fsp3) is 0.348. The van der Waals surface area contributed by atoms with E-state index < -0.39 is 36.3 Å². The number of nitrogens with zero attached hydrogens (tertiary/aromatic N) is 2. The van der Waals surface area contributed by atoms with Gasteiger partial charge in [-0.25, -0.2) is 18.7 Å². The van der Waals surface area contributed by atoms with Gasteiger partial charge in [0.15, 0.2) is 0 Å². The first-order valence-corrected chi connectivity index (χ1v) is 10.2. The van der Waals surface area contributed by atoms with Crippen LogP contribution in [0.4, 0.5) is 8.78 Å². The van der Waals surface area contributed by atoms with Gasteiger partial charge in [0.05, 0.1) is 25.9 Å². The average molecular weight is 445 g/mol. The monoisotopic (exact) mass is 445 g/mol. The van der Waals surface area contributed by atoms with Crippen LogP contribution in [0.3, 0.4) is 0 Å². The van der Waals surface area contributed by atoms with Crippen molar-refractivity contribution in [1.29, 1.82) is 0 Å². The molecular formula is C23H25F2N3O4. The van der Waals surface area contributed by atoms with Gasteiger partial charge < -0.3 is 20.3 Å². The molecule has 0 aliphatic rings. The number of pyridine rings is 2. The van der Waals surface area contributed by atoms with Crippen molar-refractivity contribution < 1.29 is 28.5 Å². The summed E-state index contributed by atoms with van der Waals surface area (Å²) in [7, 11) is 1.49. The summed E-state index contributed by atoms with van der Waals surface area (Å²) >= 11 is 0. The normalized spacial score (nSPS) is 13.1. The van der Waals surface area contributed by atoms with Crippen LogP contribution in [0.2, 0.25) is 0 Å². The molecule has 0 aliphatic carbocycles. The number of hydrogen-bond donors (Lipinski definition) is 3. The first-order chi connectivity index (χ1) is 15.4. The highest BCUT2D eigenvalue weighted by Crippen LogP contribution is 2.26. The number of fused-ring (bicyclic) bond motifs is 1. The predicted molar refractivity (Wildman–Crippen MR) is 115 cm³/mol. The lowest BCUT2D eigenvalue weighted by molar-refractivity contribution is 0.0541. The summed E-state index contributed by atoms with van der Waals surface area (Å²) in [5.41, 5.74) is 0.681. The van der Waals surface area contributed by atoms with Crippen LogP contribution in [0.5, 0.6) is 5.88 Å². The third-order valence-corrected chi connectivity index (χ3v) is 5.14. The summed E-state index contributed by atoms with van der Waals surface area (Å²) in [6.45, 7) is 1.35. The molecule has 2 heterocycles. The summed E-state index contributed by atoms with van der Waals surface area (Å²) in [6, 6.07) is 6.06. The number of carbonyl (C=O) groups excluding carboxylic acids is 1. The molecule has 0 aliphatic heterocycles. The molecule has 0 saturated carbocycles. The fourth-order valence-corrected chi connectivity index (χ4v) is 3.50. The zero-order valence-electron chi connectivity index (χ0n) is 17.8. The highest BCUT2D eigenvalue weighted by molar-refractivity contribution is 5.96. The maximum absolute atomic E-state index is 14.6. The van der Waals surface area contributed by atoms with Gasteiger partial charge in [0, 0.05) is 17.6 Å². The third kappa shape index (κ3) is 5.17. The molecule has 7 nitrogen and oxygen atoms in total. The zero-order valence-corrected chi connectivity index (χ0v) is 17.8. The van der Waals surface area contributed by atoms with Crippen LogP contribution in [0.1, 0.15) is 41.4 Å². The van der Waals surface area contributed by atoms with Gasteiger partial charge in [0.2, 0.25) is 5.88 Å². The maximum Gasteiger partial charge on any atom is 0.270 e. The minimum atomic E-state index is -1.15. The van der Waals surface area contributed by atoms with E-state index in [1.54, 1.807) is 18.3 Å². The fourth-order valence-electron chi connectivity index (χ4n) is 3.50. The zero-order chi connectivity index (χ0) is 23.3. The number of hydrogen-bond acceptors (Lipinski definition) is 6. The van der Waals surface area contributed by atoms with E-state index in [0.29, 0.717) is 29.8 Å². The molecule has 1 aromatic carbocycles. The van der Waals surface area contributed by atoms with E-state index in [1.165, 1.54) is 13.2 Å². The second-order valence-corrected chi connectivity index (χ2v) is 7.42. The number of carbonyl (C=O) groups is 1. The molecule has 3 N–H and O–H groups in total. The van der Waals surface area contributed by atoms with E-state index in [4.69, 9.17) is 4.74 Å². The Morgan fingerprint density at radius 3 is 2.59 bits per heavy atom. The summed E-state index contributed by atoms with van der Waals surface area (Å²) in [4.78, 5) is 21.0. The molecule has 0 spiro atoms. The van der Waals surface area contributed by atoms with Gasteiger partial charge in [0.1, 0.15) is 22.8 Å². The predicted octanol–water partition coefficient (Wildman–Crippen LogP) is 2.76. The Hall–Kier alpha value is -3.17. The van der Waals surface area contributed by atoms with Crippen LogP contribution in [-0.2, 0) is 6.42 Å². The maximum atomic E-state index is 14.6. The Labute approximate surface area is 184 Å². The molecule has 0 fully saturated rings. The van der Waals surface area contributed by atoms with Crippen molar-refractivity contribution in [3.8, 4) is 5.88 Å². The molecule has 2 aromatic heterocycles. The quantitative estimate of drug-likeness (QED) is 0.468. The number of amides is 1. The SMILES string of the molecule is CCC[C@H](NC(=O)c1cc(Cc2ccc(OC)nc2)c2c(F)ccc(F)c2n1)[C@@H](O)CO. The van der Waals surface area contributed by atoms with Gasteiger partial charge >= 0.3 is 0 Å². The second-order valence-electron chi connectivity index (χ2n) is 7.42. The van der Waals surface area contributed by atoms with Crippen LogP contribution in [0, 0.1) is 11.6 Å². The minimum Gasteiger partial charge on any atom is -0.481 e. The van der Waals surface area contributed by atoms with Crippen molar-refractivity contribution in [2.24, 2.45) is 0 Å². The van der Waals surface area contributed by atoms with Crippen molar-refractivity contribution in [3.05, 3.63) is 65.0 Å². The van der Waals surface area contributed by atoms with Crippen LogP contribution in [0.15, 0.2) is 36.5 Å². The highest BCUT2D eigenvalue weighted by atomic mass is 19.1. The van der Waals surface area contributed by atoms with E-state index in [1.807, 2.05) is 6.92 Å². The van der Waals surface area contributed by atoms with Gasteiger partial charge in [-0.3, -0.25) is 4.79 Å². The average Bonchev–Trinajstić information content (AvgIpc) is 2.80. The van der Waals surface area contributed by atoms with E-state index in [0.717, 1.165) is 12.1 Å². The Balaban J connectivity index is 2.03. The summed E-state index contributed by atoms with van der Waals surface area (Å²) < 4.78 is 34.2. The number of benzene rings is 1. The molecule has 0 bridgehead atoms. The van der Waals surface area contributed by atoms with Crippen molar-refractivity contribution in [2.45, 2.75) is 38.3 Å². The summed E-state index contributed by atoms with van der Waals surface area (Å²) in [6.07, 6.45) is 1.65. The number of halogens is 2. The first kappa shape index (κ1) is 23.5. The molecule has 1 amide bonds. The van der Waals surface area contributed by atoms with E-state index in [9.17, 15) is 23.8 Å². The van der Waals surface area contributed by atoms with E-state index in [2.05, 4.69) is 15.3 Å². The molecular weight excluding hydrogens is 420 g/mol. The molecule has 3 rings (SSSR count). The molecule has 0 saturated heterocycles. The minimum absolute atomic E-state index is 0.0159. The Bertz CT molecular complexity index is 1090. The van der Waals surface area contributed by atoms with Crippen molar-refractivity contribution >= 4 is 16.8 Å². The van der Waals surface area contributed by atoms with Crippen molar-refractivity contribution in [3.63, 3.8) is 0 Å². The number of ether oxygens (including phenoxy) is 1. The summed E-state index contributed by atoms with van der Waals surface area (Å²) in [5, 5.41) is 21.8. The number of aliphatic hydroxyl groups is 2. The molecule has 9 heteroatoms. The van der Waals surface area contributed by atoms with Gasteiger partial charge in [0.25, 0.3) is 5.91 Å². The second kappa shape index (κ2) is 10.4. The molecule has 0 unspecified atom stereocenters. The molecule has 2 atom stereocenters. The number of nitrogens with one attached hydrogen (secondary N) is 1. The number of rotatable bonds is 9. The number of aromatic nitrogens is 2. The first-order valence-electron chi connectivity index (χ1n) is 10.2. The van der Waals surface area contributed by atoms with Gasteiger partial charge in [-0.05, 0) is 42.2 Å². The lowest BCUT2D eigenvalue weighted by Crippen LogP contribution is -2.45. The van der Waals surface area contributed by atoms with Crippen molar-refractivity contribution in [1.82, 2.24) is 15.3 Å². The molecule has 0 radical (unpaired) electrons. The lowest BCUT2D eigenvalue weighted by Gasteiger charge is -2.22. The van der Waals surface area contributed by atoms with Gasteiger partial charge in [-0.15, -0.1) is 0 Å². The Kier molecular flexibility index (Phi) is 7.66.